The van der Waals surface area contributed by atoms with Crippen molar-refractivity contribution in [2.24, 2.45) is 5.92 Å². The lowest BCUT2D eigenvalue weighted by Crippen LogP contribution is -2.26. The Kier molecular flexibility index (Phi) is 5.76. The fourth-order valence-corrected chi connectivity index (χ4v) is 3.06. The smallest absolute Gasteiger partial charge is 0.312 e. The molecule has 1 aromatic heterocycles. The van der Waals surface area contributed by atoms with E-state index in [9.17, 15) is 14.4 Å². The molecule has 1 amide bonds. The second kappa shape index (κ2) is 7.79. The first-order valence-electron chi connectivity index (χ1n) is 7.30. The third-order valence-electron chi connectivity index (χ3n) is 3.43. The number of thiazole rings is 1. The van der Waals surface area contributed by atoms with Crippen LogP contribution in [0.1, 0.15) is 25.5 Å². The number of rotatable bonds is 7. The van der Waals surface area contributed by atoms with Gasteiger partial charge in [-0.3, -0.25) is 19.3 Å². The van der Waals surface area contributed by atoms with Crippen molar-refractivity contribution in [1.29, 1.82) is 10.7 Å². The lowest BCUT2D eigenvalue weighted by Gasteiger charge is -2.10. The summed E-state index contributed by atoms with van der Waals surface area (Å²) in [7, 11) is 0. The van der Waals surface area contributed by atoms with Crippen LogP contribution in [0.2, 0.25) is 0 Å². The zero-order chi connectivity index (χ0) is 17.7. The van der Waals surface area contributed by atoms with Gasteiger partial charge in [-0.25, -0.2) is 4.98 Å². The fraction of sp³-hybridized carbons (Fsp3) is 0.467. The van der Waals surface area contributed by atoms with Crippen molar-refractivity contribution in [2.75, 3.05) is 18.1 Å². The van der Waals surface area contributed by atoms with E-state index in [0.29, 0.717) is 23.8 Å². The van der Waals surface area contributed by atoms with Gasteiger partial charge in [0.25, 0.3) is 0 Å². The van der Waals surface area contributed by atoms with Gasteiger partial charge < -0.3 is 10.1 Å². The summed E-state index contributed by atoms with van der Waals surface area (Å²) in [6.07, 6.45) is 1.18. The van der Waals surface area contributed by atoms with Crippen LogP contribution in [0.15, 0.2) is 5.38 Å². The van der Waals surface area contributed by atoms with Gasteiger partial charge in [0.1, 0.15) is 5.92 Å². The summed E-state index contributed by atoms with van der Waals surface area (Å²) >= 11 is 1.28. The summed E-state index contributed by atoms with van der Waals surface area (Å²) in [4.78, 5) is 40.9. The van der Waals surface area contributed by atoms with Crippen LogP contribution in [0.4, 0.5) is 5.13 Å². The van der Waals surface area contributed by atoms with Crippen LogP contribution in [-0.4, -0.2) is 41.5 Å². The minimum absolute atomic E-state index is 0.0219. The Labute approximate surface area is 142 Å². The Morgan fingerprint density at radius 1 is 1.58 bits per heavy atom. The van der Waals surface area contributed by atoms with Crippen molar-refractivity contribution < 1.29 is 19.1 Å². The highest BCUT2D eigenvalue weighted by Gasteiger charge is 2.25. The second-order valence-electron chi connectivity index (χ2n) is 5.32. The molecule has 1 N–H and O–H groups in total. The largest absolute Gasteiger partial charge is 0.457 e. The molecule has 1 aromatic rings. The van der Waals surface area contributed by atoms with E-state index in [4.69, 9.17) is 15.4 Å². The van der Waals surface area contributed by atoms with Crippen LogP contribution in [0.25, 0.3) is 0 Å². The Bertz CT molecular complexity index is 721. The van der Waals surface area contributed by atoms with Crippen molar-refractivity contribution in [3.63, 3.8) is 0 Å². The normalized spacial score (nSPS) is 15.0. The Hall–Kier alpha value is -2.60. The number of ether oxygens (including phenoxy) is 1. The molecule has 24 heavy (non-hydrogen) atoms. The first-order chi connectivity index (χ1) is 11.4. The SMILES string of the molecule is CC(=N)C(C#N)C(=O)COC(=O)Cc1csc(N2CCCC2=O)n1. The van der Waals surface area contributed by atoms with Gasteiger partial charge >= 0.3 is 5.97 Å². The summed E-state index contributed by atoms with van der Waals surface area (Å²) in [6, 6.07) is 1.70. The highest BCUT2D eigenvalue weighted by Crippen LogP contribution is 2.25. The number of ketones is 1. The van der Waals surface area contributed by atoms with Crippen molar-refractivity contribution >= 4 is 39.8 Å². The lowest BCUT2D eigenvalue weighted by molar-refractivity contribution is -0.147. The minimum Gasteiger partial charge on any atom is -0.457 e. The van der Waals surface area contributed by atoms with E-state index >= 15 is 0 Å². The van der Waals surface area contributed by atoms with Gasteiger partial charge in [-0.05, 0) is 13.3 Å². The predicted octanol–water partition coefficient (Wildman–Crippen LogP) is 1.10. The predicted molar refractivity (Wildman–Crippen MR) is 85.9 cm³/mol. The van der Waals surface area contributed by atoms with E-state index in [-0.39, 0.29) is 18.0 Å². The average Bonchev–Trinajstić information content (AvgIpc) is 3.14. The minimum atomic E-state index is -1.19. The molecule has 0 spiro atoms. The van der Waals surface area contributed by atoms with Crippen molar-refractivity contribution in [2.45, 2.75) is 26.2 Å². The molecule has 1 atom stereocenters. The number of hydrogen-bond acceptors (Lipinski definition) is 8. The number of esters is 1. The number of amides is 1. The van der Waals surface area contributed by atoms with Crippen molar-refractivity contribution in [3.8, 4) is 6.07 Å². The number of nitriles is 1. The third kappa shape index (κ3) is 4.23. The molecular formula is C15H16N4O4S. The zero-order valence-electron chi connectivity index (χ0n) is 13.1. The van der Waals surface area contributed by atoms with E-state index in [1.54, 1.807) is 16.3 Å². The number of nitrogens with one attached hydrogen (secondary N) is 1. The number of nitrogens with zero attached hydrogens (tertiary/aromatic N) is 3. The summed E-state index contributed by atoms with van der Waals surface area (Å²) in [6.45, 7) is 1.43. The van der Waals surface area contributed by atoms with E-state index in [1.807, 2.05) is 0 Å². The molecule has 0 radical (unpaired) electrons. The Balaban J connectivity index is 1.86. The number of Topliss-reactive ketones (excluding diaryl/α,β-unsaturated/α-hetero) is 1. The average molecular weight is 348 g/mol. The third-order valence-corrected chi connectivity index (χ3v) is 4.34. The number of hydrogen-bond donors (Lipinski definition) is 1. The van der Waals surface area contributed by atoms with Crippen LogP contribution in [0.3, 0.4) is 0 Å². The molecule has 0 aromatic carbocycles. The van der Waals surface area contributed by atoms with Gasteiger partial charge in [0.15, 0.2) is 17.5 Å². The second-order valence-corrected chi connectivity index (χ2v) is 6.16. The van der Waals surface area contributed by atoms with Gasteiger partial charge in [-0.2, -0.15) is 5.26 Å². The number of carbonyl (C=O) groups excluding carboxylic acids is 3. The standard InChI is InChI=1S/C15H16N4O4S/c1-9(17)11(6-16)12(20)7-23-14(22)5-10-8-24-15(18-10)19-4-2-3-13(19)21/h8,11,17H,2-5,7H2,1H3. The van der Waals surface area contributed by atoms with Gasteiger partial charge in [0, 0.05) is 24.1 Å². The molecule has 1 fully saturated rings. The lowest BCUT2D eigenvalue weighted by atomic mass is 10.0. The maximum atomic E-state index is 11.8. The fourth-order valence-electron chi connectivity index (χ4n) is 2.20. The van der Waals surface area contributed by atoms with Crippen molar-refractivity contribution in [3.05, 3.63) is 11.1 Å². The number of anilines is 1. The van der Waals surface area contributed by atoms with Gasteiger partial charge in [-0.15, -0.1) is 11.3 Å². The van der Waals surface area contributed by atoms with Crippen LogP contribution in [-0.2, 0) is 25.5 Å². The highest BCUT2D eigenvalue weighted by atomic mass is 32.1. The number of aromatic nitrogens is 1. The summed E-state index contributed by atoms with van der Waals surface area (Å²) in [5, 5.41) is 18.4. The topological polar surface area (TPSA) is 124 Å². The van der Waals surface area contributed by atoms with Crippen molar-refractivity contribution in [1.82, 2.24) is 4.98 Å². The molecule has 0 saturated carbocycles. The molecular weight excluding hydrogens is 332 g/mol. The first-order valence-corrected chi connectivity index (χ1v) is 8.18. The van der Waals surface area contributed by atoms with Crippen LogP contribution >= 0.6 is 11.3 Å². The molecule has 1 aliphatic heterocycles. The molecule has 1 unspecified atom stereocenters. The number of carbonyl (C=O) groups is 3. The molecule has 1 saturated heterocycles. The molecule has 8 nitrogen and oxygen atoms in total. The van der Waals surface area contributed by atoms with E-state index in [1.165, 1.54) is 18.3 Å². The van der Waals surface area contributed by atoms with Gasteiger partial charge in [0.05, 0.1) is 18.2 Å². The van der Waals surface area contributed by atoms with E-state index in [2.05, 4.69) is 4.98 Å². The summed E-state index contributed by atoms with van der Waals surface area (Å²) < 4.78 is 4.84. The Morgan fingerprint density at radius 2 is 2.33 bits per heavy atom. The van der Waals surface area contributed by atoms with E-state index in [0.717, 1.165) is 6.42 Å². The molecule has 9 heteroatoms. The van der Waals surface area contributed by atoms with Crippen LogP contribution < -0.4 is 4.90 Å². The molecule has 0 aliphatic carbocycles. The highest BCUT2D eigenvalue weighted by molar-refractivity contribution is 7.14. The monoisotopic (exact) mass is 348 g/mol. The van der Waals surface area contributed by atoms with E-state index < -0.39 is 24.3 Å². The van der Waals surface area contributed by atoms with Gasteiger partial charge in [0.2, 0.25) is 5.91 Å². The molecule has 2 heterocycles. The Morgan fingerprint density at radius 3 is 2.92 bits per heavy atom. The molecule has 1 aliphatic rings. The molecule has 2 rings (SSSR count). The summed E-state index contributed by atoms with van der Waals surface area (Å²) in [5.74, 6) is -2.44. The van der Waals surface area contributed by atoms with Crippen LogP contribution in [0.5, 0.6) is 0 Å². The first kappa shape index (κ1) is 17.7. The quantitative estimate of drug-likeness (QED) is 0.581. The molecule has 0 bridgehead atoms. The maximum absolute atomic E-state index is 11.8. The summed E-state index contributed by atoms with van der Waals surface area (Å²) in [5.41, 5.74) is 0.380. The zero-order valence-corrected chi connectivity index (χ0v) is 13.9. The van der Waals surface area contributed by atoms with Gasteiger partial charge in [-0.1, -0.05) is 0 Å². The van der Waals surface area contributed by atoms with Crippen LogP contribution in [0, 0.1) is 22.7 Å². The maximum Gasteiger partial charge on any atom is 0.312 e. The molecule has 126 valence electrons.